The van der Waals surface area contributed by atoms with Crippen molar-refractivity contribution in [3.63, 3.8) is 0 Å². The third kappa shape index (κ3) is 36.7. The van der Waals surface area contributed by atoms with Gasteiger partial charge in [-0.15, -0.1) is 0 Å². The average Bonchev–Trinajstić information content (AvgIpc) is 3.14. The Bertz CT molecular complexity index is 1060. The summed E-state index contributed by atoms with van der Waals surface area (Å²) in [6.45, 7) is 2.72. The van der Waals surface area contributed by atoms with Crippen LogP contribution in [0.25, 0.3) is 0 Å². The minimum Gasteiger partial charge on any atom is -0.480 e. The molecule has 12 heteroatoms. The molecule has 0 aromatic carbocycles. The second kappa shape index (κ2) is 37.6. The first-order valence-corrected chi connectivity index (χ1v) is 22.5. The van der Waals surface area contributed by atoms with Crippen LogP contribution in [0.5, 0.6) is 0 Å². The number of unbranched alkanes of at least 4 members (excludes halogenated alkanes) is 19. The van der Waals surface area contributed by atoms with E-state index in [0.29, 0.717) is 12.8 Å². The van der Waals surface area contributed by atoms with E-state index in [1.807, 2.05) is 0 Å². The first-order chi connectivity index (χ1) is 26.1. The van der Waals surface area contributed by atoms with Crippen LogP contribution in [0.15, 0.2) is 36.5 Å². The van der Waals surface area contributed by atoms with Crippen LogP contribution >= 0.6 is 7.82 Å². The van der Waals surface area contributed by atoms with E-state index in [1.165, 1.54) is 70.6 Å². The van der Waals surface area contributed by atoms with Crippen molar-refractivity contribution in [1.82, 2.24) is 0 Å². The third-order valence-corrected chi connectivity index (χ3v) is 9.81. The predicted octanol–water partition coefficient (Wildman–Crippen LogP) is 10.8. The zero-order valence-corrected chi connectivity index (χ0v) is 34.7. The van der Waals surface area contributed by atoms with Gasteiger partial charge in [0.2, 0.25) is 0 Å². The molecule has 314 valence electrons. The van der Waals surface area contributed by atoms with E-state index < -0.39 is 51.1 Å². The lowest BCUT2D eigenvalue weighted by atomic mass is 10.1. The van der Waals surface area contributed by atoms with Gasteiger partial charge in [0, 0.05) is 12.8 Å². The zero-order valence-electron chi connectivity index (χ0n) is 33.8. The van der Waals surface area contributed by atoms with Crippen LogP contribution in [-0.4, -0.2) is 59.9 Å². The molecule has 3 atom stereocenters. The fourth-order valence-electron chi connectivity index (χ4n) is 5.49. The molecule has 1 unspecified atom stereocenters. The highest BCUT2D eigenvalue weighted by Crippen LogP contribution is 2.43. The summed E-state index contributed by atoms with van der Waals surface area (Å²) in [4.78, 5) is 45.8. The molecule has 0 amide bonds. The van der Waals surface area contributed by atoms with Crippen LogP contribution < -0.4 is 5.73 Å². The molecule has 0 fully saturated rings. The fourth-order valence-corrected chi connectivity index (χ4v) is 6.26. The number of carbonyl (C=O) groups excluding carboxylic acids is 2. The summed E-state index contributed by atoms with van der Waals surface area (Å²) < 4.78 is 32.6. The average molecular weight is 786 g/mol. The Morgan fingerprint density at radius 1 is 0.574 bits per heavy atom. The number of allylic oxidation sites excluding steroid dienone is 6. The summed E-state index contributed by atoms with van der Waals surface area (Å²) in [6, 6.07) is -1.52. The van der Waals surface area contributed by atoms with Gasteiger partial charge < -0.3 is 25.2 Å². The second-order valence-electron chi connectivity index (χ2n) is 14.1. The van der Waals surface area contributed by atoms with Crippen LogP contribution in [0.2, 0.25) is 0 Å². The molecular weight excluding hydrogens is 709 g/mol. The van der Waals surface area contributed by atoms with E-state index in [-0.39, 0.29) is 19.4 Å². The lowest BCUT2D eigenvalue weighted by molar-refractivity contribution is -0.161. The summed E-state index contributed by atoms with van der Waals surface area (Å²) in [5, 5.41) is 8.87. The maximum absolute atomic E-state index is 12.6. The Labute approximate surface area is 327 Å². The molecule has 0 aliphatic carbocycles. The number of rotatable bonds is 39. The molecule has 0 rings (SSSR count). The predicted molar refractivity (Wildman–Crippen MR) is 217 cm³/mol. The van der Waals surface area contributed by atoms with Gasteiger partial charge in [0.05, 0.1) is 13.2 Å². The summed E-state index contributed by atoms with van der Waals surface area (Å²) in [5.74, 6) is -2.40. The Morgan fingerprint density at radius 2 is 1.00 bits per heavy atom. The number of aliphatic carboxylic acids is 1. The Hall–Kier alpha value is -2.30. The molecule has 0 aliphatic heterocycles. The van der Waals surface area contributed by atoms with Gasteiger partial charge in [-0.2, -0.15) is 0 Å². The third-order valence-electron chi connectivity index (χ3n) is 8.86. The molecule has 0 aromatic rings. The van der Waals surface area contributed by atoms with Gasteiger partial charge >= 0.3 is 25.7 Å². The summed E-state index contributed by atoms with van der Waals surface area (Å²) >= 11 is 0. The first kappa shape index (κ1) is 51.7. The molecule has 0 radical (unpaired) electrons. The lowest BCUT2D eigenvalue weighted by Gasteiger charge is -2.20. The molecule has 54 heavy (non-hydrogen) atoms. The molecule has 0 saturated heterocycles. The van der Waals surface area contributed by atoms with Crippen LogP contribution in [0.4, 0.5) is 0 Å². The number of carboxylic acids is 1. The number of phosphoric acid groups is 1. The molecular formula is C42H76NO10P. The first-order valence-electron chi connectivity index (χ1n) is 21.0. The van der Waals surface area contributed by atoms with E-state index >= 15 is 0 Å². The largest absolute Gasteiger partial charge is 0.480 e. The summed E-state index contributed by atoms with van der Waals surface area (Å²) in [7, 11) is -4.71. The van der Waals surface area contributed by atoms with Gasteiger partial charge in [-0.05, 0) is 64.2 Å². The van der Waals surface area contributed by atoms with Crippen molar-refractivity contribution in [2.75, 3.05) is 19.8 Å². The second-order valence-corrected chi connectivity index (χ2v) is 15.6. The quantitative estimate of drug-likeness (QED) is 0.0234. The van der Waals surface area contributed by atoms with E-state index in [1.54, 1.807) is 0 Å². The highest BCUT2D eigenvalue weighted by molar-refractivity contribution is 7.47. The number of ether oxygens (including phenoxy) is 2. The topological polar surface area (TPSA) is 172 Å². The van der Waals surface area contributed by atoms with E-state index in [0.717, 1.165) is 70.6 Å². The molecule has 0 bridgehead atoms. The maximum Gasteiger partial charge on any atom is 0.472 e. The van der Waals surface area contributed by atoms with E-state index in [4.69, 9.17) is 24.8 Å². The normalized spacial score (nSPS) is 14.1. The van der Waals surface area contributed by atoms with Crippen molar-refractivity contribution in [2.45, 2.75) is 193 Å². The van der Waals surface area contributed by atoms with Crippen molar-refractivity contribution in [1.29, 1.82) is 0 Å². The Balaban J connectivity index is 4.32. The summed E-state index contributed by atoms with van der Waals surface area (Å²) in [5.41, 5.74) is 5.32. The molecule has 0 spiro atoms. The number of nitrogens with two attached hydrogens (primary N) is 1. The van der Waals surface area contributed by atoms with Gasteiger partial charge in [-0.3, -0.25) is 23.4 Å². The molecule has 0 heterocycles. The minimum atomic E-state index is -4.71. The van der Waals surface area contributed by atoms with Gasteiger partial charge in [-0.25, -0.2) is 4.57 Å². The highest BCUT2D eigenvalue weighted by Gasteiger charge is 2.28. The number of hydrogen-bond donors (Lipinski definition) is 3. The van der Waals surface area contributed by atoms with Crippen molar-refractivity contribution in [3.05, 3.63) is 36.5 Å². The molecule has 0 saturated carbocycles. The smallest absolute Gasteiger partial charge is 0.472 e. The van der Waals surface area contributed by atoms with E-state index in [2.05, 4.69) is 54.8 Å². The minimum absolute atomic E-state index is 0.150. The molecule has 0 aliphatic rings. The fraction of sp³-hybridized carbons (Fsp3) is 0.786. The lowest BCUT2D eigenvalue weighted by Crippen LogP contribution is -2.34. The van der Waals surface area contributed by atoms with Gasteiger partial charge in [0.25, 0.3) is 0 Å². The van der Waals surface area contributed by atoms with E-state index in [9.17, 15) is 23.8 Å². The number of hydrogen-bond acceptors (Lipinski definition) is 9. The van der Waals surface area contributed by atoms with Gasteiger partial charge in [0.1, 0.15) is 12.6 Å². The number of carbonyl (C=O) groups is 3. The number of phosphoric ester groups is 1. The standard InChI is InChI=1S/C42H76NO10P/c1-3-5-7-9-11-13-15-16-17-18-19-20-21-22-24-25-27-29-31-33-40(44)50-35-38(36-51-54(48,49)52-37-39(43)42(46)47)53-41(45)34-32-30-28-26-23-14-12-10-8-6-4-2/h10-13,16-17,38-39H,3-9,14-15,18-37,43H2,1-2H3,(H,46,47)(H,48,49)/b12-10+,13-11+,17-16+/t38-,39+/m0/s1. The number of carboxylic acid groups (broad SMARTS) is 1. The number of esters is 2. The van der Waals surface area contributed by atoms with Crippen LogP contribution in [-0.2, 0) is 37.5 Å². The summed E-state index contributed by atoms with van der Waals surface area (Å²) in [6.07, 6.45) is 39.3. The highest BCUT2D eigenvalue weighted by atomic mass is 31.2. The van der Waals surface area contributed by atoms with Crippen LogP contribution in [0, 0.1) is 0 Å². The van der Waals surface area contributed by atoms with Crippen LogP contribution in [0.3, 0.4) is 0 Å². The maximum atomic E-state index is 12.6. The zero-order chi connectivity index (χ0) is 40.0. The molecule has 0 aromatic heterocycles. The van der Waals surface area contributed by atoms with Crippen molar-refractivity contribution < 1.29 is 47.5 Å². The Morgan fingerprint density at radius 3 is 1.52 bits per heavy atom. The molecule has 4 N–H and O–H groups in total. The van der Waals surface area contributed by atoms with Crippen molar-refractivity contribution in [3.8, 4) is 0 Å². The van der Waals surface area contributed by atoms with Crippen molar-refractivity contribution in [2.24, 2.45) is 5.73 Å². The Kier molecular flexibility index (Phi) is 36.0. The SMILES string of the molecule is CCCC/C=C/CCCCCCCC(=O)O[C@@H](COC(=O)CCCCCCCCCCC/C=C/C/C=C/CCCCC)COP(=O)(O)OC[C@@H](N)C(=O)O. The van der Waals surface area contributed by atoms with Crippen LogP contribution in [0.1, 0.15) is 181 Å². The van der Waals surface area contributed by atoms with Gasteiger partial charge in [0.15, 0.2) is 6.10 Å². The van der Waals surface area contributed by atoms with Crippen molar-refractivity contribution >= 4 is 25.7 Å². The monoisotopic (exact) mass is 786 g/mol. The van der Waals surface area contributed by atoms with Gasteiger partial charge in [-0.1, -0.05) is 140 Å². The molecule has 11 nitrogen and oxygen atoms in total.